The smallest absolute Gasteiger partial charge is 0.0807 e. The summed E-state index contributed by atoms with van der Waals surface area (Å²) < 4.78 is 5.16. The van der Waals surface area contributed by atoms with Crippen LogP contribution in [-0.2, 0) is 4.74 Å². The molecular formula is C6H14ClNO2. The Hall–Kier alpha value is 0.170. The zero-order valence-corrected chi connectivity index (χ0v) is 6.64. The van der Waals surface area contributed by atoms with Crippen LogP contribution in [-0.4, -0.2) is 30.5 Å². The third kappa shape index (κ3) is 2.84. The molecule has 1 aliphatic heterocycles. The number of halogens is 1. The zero-order chi connectivity index (χ0) is 6.69. The van der Waals surface area contributed by atoms with Crippen LogP contribution in [0.4, 0.5) is 0 Å². The van der Waals surface area contributed by atoms with Gasteiger partial charge in [-0.3, -0.25) is 0 Å². The molecule has 10 heavy (non-hydrogen) atoms. The van der Waals surface area contributed by atoms with Crippen LogP contribution < -0.4 is 5.73 Å². The van der Waals surface area contributed by atoms with Gasteiger partial charge in [0.05, 0.1) is 19.3 Å². The summed E-state index contributed by atoms with van der Waals surface area (Å²) in [5.74, 6) is 0. The van der Waals surface area contributed by atoms with Gasteiger partial charge in [0.2, 0.25) is 0 Å². The summed E-state index contributed by atoms with van der Waals surface area (Å²) in [6, 6.07) is 0.188. The molecule has 0 amide bonds. The summed E-state index contributed by atoms with van der Waals surface area (Å²) in [6.07, 6.45) is 1.92. The van der Waals surface area contributed by atoms with Crippen molar-refractivity contribution in [2.45, 2.75) is 25.0 Å². The maximum Gasteiger partial charge on any atom is 0.0807 e. The predicted octanol–water partition coefficient (Wildman–Crippen LogP) is -0.0932. The monoisotopic (exact) mass is 167 g/mol. The Balaban J connectivity index is 0.000000810. The van der Waals surface area contributed by atoms with Crippen molar-refractivity contribution in [1.82, 2.24) is 0 Å². The molecule has 2 atom stereocenters. The second kappa shape index (κ2) is 4.91. The van der Waals surface area contributed by atoms with Gasteiger partial charge < -0.3 is 15.6 Å². The van der Waals surface area contributed by atoms with Gasteiger partial charge in [0, 0.05) is 6.04 Å². The molecule has 1 aliphatic rings. The standard InChI is InChI=1S/C6H13NO2.ClH/c7-5-1-2-6(3-8)9-4-5;/h5-6,8H,1-4,7H2;1H/t5-,6+;/m1./s1. The van der Waals surface area contributed by atoms with Crippen LogP contribution in [0.3, 0.4) is 0 Å². The van der Waals surface area contributed by atoms with Gasteiger partial charge in [-0.2, -0.15) is 0 Å². The first-order valence-corrected chi connectivity index (χ1v) is 3.31. The van der Waals surface area contributed by atoms with Gasteiger partial charge in [-0.25, -0.2) is 0 Å². The number of rotatable bonds is 1. The molecule has 1 fully saturated rings. The molecule has 0 aromatic heterocycles. The largest absolute Gasteiger partial charge is 0.394 e. The Kier molecular flexibility index (Phi) is 4.99. The molecule has 0 saturated carbocycles. The molecule has 3 nitrogen and oxygen atoms in total. The number of nitrogens with two attached hydrogens (primary N) is 1. The molecule has 62 valence electrons. The topological polar surface area (TPSA) is 55.5 Å². The van der Waals surface area contributed by atoms with E-state index in [0.717, 1.165) is 12.8 Å². The molecule has 0 spiro atoms. The summed E-state index contributed by atoms with van der Waals surface area (Å²) in [5, 5.41) is 8.61. The van der Waals surface area contributed by atoms with Crippen LogP contribution in [0.1, 0.15) is 12.8 Å². The highest BCUT2D eigenvalue weighted by Crippen LogP contribution is 2.10. The van der Waals surface area contributed by atoms with E-state index in [2.05, 4.69) is 0 Å². The molecule has 1 rings (SSSR count). The van der Waals surface area contributed by atoms with E-state index in [-0.39, 0.29) is 31.2 Å². The fraction of sp³-hybridized carbons (Fsp3) is 1.00. The number of hydrogen-bond acceptors (Lipinski definition) is 3. The minimum absolute atomic E-state index is 0. The van der Waals surface area contributed by atoms with Gasteiger partial charge in [-0.1, -0.05) is 0 Å². The molecule has 1 heterocycles. The molecule has 1 saturated heterocycles. The number of ether oxygens (including phenoxy) is 1. The average molecular weight is 168 g/mol. The van der Waals surface area contributed by atoms with Crippen LogP contribution in [0.25, 0.3) is 0 Å². The summed E-state index contributed by atoms with van der Waals surface area (Å²) in [5.41, 5.74) is 5.55. The van der Waals surface area contributed by atoms with Crippen molar-refractivity contribution in [1.29, 1.82) is 0 Å². The van der Waals surface area contributed by atoms with E-state index < -0.39 is 0 Å². The Bertz CT molecular complexity index is 83.8. The lowest BCUT2D eigenvalue weighted by Crippen LogP contribution is -2.36. The summed E-state index contributed by atoms with van der Waals surface area (Å²) in [4.78, 5) is 0. The third-order valence-electron chi connectivity index (χ3n) is 1.61. The van der Waals surface area contributed by atoms with Crippen LogP contribution in [0.5, 0.6) is 0 Å². The highest BCUT2D eigenvalue weighted by Gasteiger charge is 2.17. The van der Waals surface area contributed by atoms with E-state index in [9.17, 15) is 0 Å². The van der Waals surface area contributed by atoms with Crippen LogP contribution in [0, 0.1) is 0 Å². The maximum absolute atomic E-state index is 8.61. The summed E-state index contributed by atoms with van der Waals surface area (Å²) >= 11 is 0. The molecule has 4 heteroatoms. The second-order valence-electron chi connectivity index (χ2n) is 2.48. The predicted molar refractivity (Wildman–Crippen MR) is 41.3 cm³/mol. The minimum Gasteiger partial charge on any atom is -0.394 e. The lowest BCUT2D eigenvalue weighted by Gasteiger charge is -2.24. The van der Waals surface area contributed by atoms with E-state index in [1.165, 1.54) is 0 Å². The Morgan fingerprint density at radius 1 is 1.50 bits per heavy atom. The normalized spacial score (nSPS) is 33.0. The van der Waals surface area contributed by atoms with Gasteiger partial charge in [-0.05, 0) is 12.8 Å². The van der Waals surface area contributed by atoms with E-state index in [0.29, 0.717) is 6.61 Å². The fourth-order valence-electron chi connectivity index (χ4n) is 0.970. The molecule has 0 bridgehead atoms. The van der Waals surface area contributed by atoms with Crippen molar-refractivity contribution in [3.8, 4) is 0 Å². The van der Waals surface area contributed by atoms with Crippen molar-refractivity contribution in [2.75, 3.05) is 13.2 Å². The lowest BCUT2D eigenvalue weighted by atomic mass is 10.1. The Labute approximate surface area is 67.0 Å². The first-order valence-electron chi connectivity index (χ1n) is 3.31. The van der Waals surface area contributed by atoms with Crippen LogP contribution in [0.15, 0.2) is 0 Å². The van der Waals surface area contributed by atoms with E-state index in [4.69, 9.17) is 15.6 Å². The first-order chi connectivity index (χ1) is 4.33. The number of aliphatic hydroxyl groups excluding tert-OH is 1. The molecule has 0 unspecified atom stereocenters. The zero-order valence-electron chi connectivity index (χ0n) is 5.82. The number of aliphatic hydroxyl groups is 1. The van der Waals surface area contributed by atoms with Crippen molar-refractivity contribution >= 4 is 12.4 Å². The van der Waals surface area contributed by atoms with Gasteiger partial charge >= 0.3 is 0 Å². The molecule has 3 N–H and O–H groups in total. The van der Waals surface area contributed by atoms with Crippen LogP contribution >= 0.6 is 12.4 Å². The Morgan fingerprint density at radius 3 is 2.60 bits per heavy atom. The SMILES string of the molecule is Cl.N[C@@H]1CC[C@@H](CO)OC1. The minimum atomic E-state index is 0. The molecule has 0 aromatic carbocycles. The van der Waals surface area contributed by atoms with Crippen molar-refractivity contribution < 1.29 is 9.84 Å². The maximum atomic E-state index is 8.61. The molecular weight excluding hydrogens is 154 g/mol. The van der Waals surface area contributed by atoms with Crippen molar-refractivity contribution in [3.63, 3.8) is 0 Å². The van der Waals surface area contributed by atoms with Gasteiger partial charge in [-0.15, -0.1) is 12.4 Å². The quantitative estimate of drug-likeness (QED) is 0.574. The van der Waals surface area contributed by atoms with Gasteiger partial charge in [0.15, 0.2) is 0 Å². The highest BCUT2D eigenvalue weighted by atomic mass is 35.5. The fourth-order valence-corrected chi connectivity index (χ4v) is 0.970. The third-order valence-corrected chi connectivity index (χ3v) is 1.61. The highest BCUT2D eigenvalue weighted by molar-refractivity contribution is 5.85. The number of hydrogen-bond donors (Lipinski definition) is 2. The summed E-state index contributed by atoms with van der Waals surface area (Å²) in [6.45, 7) is 0.734. The van der Waals surface area contributed by atoms with Crippen molar-refractivity contribution in [2.24, 2.45) is 5.73 Å². The molecule has 0 radical (unpaired) electrons. The second-order valence-corrected chi connectivity index (χ2v) is 2.48. The van der Waals surface area contributed by atoms with Crippen molar-refractivity contribution in [3.05, 3.63) is 0 Å². The van der Waals surface area contributed by atoms with Crippen LogP contribution in [0.2, 0.25) is 0 Å². The average Bonchev–Trinajstić information content (AvgIpc) is 1.90. The van der Waals surface area contributed by atoms with Gasteiger partial charge in [0.25, 0.3) is 0 Å². The Morgan fingerprint density at radius 2 is 2.20 bits per heavy atom. The van der Waals surface area contributed by atoms with E-state index >= 15 is 0 Å². The van der Waals surface area contributed by atoms with Gasteiger partial charge in [0.1, 0.15) is 0 Å². The summed E-state index contributed by atoms with van der Waals surface area (Å²) in [7, 11) is 0. The molecule has 0 aliphatic carbocycles. The van der Waals surface area contributed by atoms with E-state index in [1.807, 2.05) is 0 Å². The lowest BCUT2D eigenvalue weighted by molar-refractivity contribution is -0.0254. The first kappa shape index (κ1) is 10.2. The van der Waals surface area contributed by atoms with E-state index in [1.54, 1.807) is 0 Å². The molecule has 0 aromatic rings.